The minimum Gasteiger partial charge on any atom is -0.465 e. The predicted octanol–water partition coefficient (Wildman–Crippen LogP) is 1.02. The summed E-state index contributed by atoms with van der Waals surface area (Å²) in [5, 5.41) is 17.7. The molecule has 2 N–H and O–H groups in total. The summed E-state index contributed by atoms with van der Waals surface area (Å²) in [6, 6.07) is 8.24. The van der Waals surface area contributed by atoms with Crippen LogP contribution in [0.2, 0.25) is 0 Å². The van der Waals surface area contributed by atoms with Gasteiger partial charge in [0, 0.05) is 39.3 Å². The standard InChI is InChI=1S/C14H20N2O3/c17-10-5-12-1-3-13(4-2-12)11-15-6-8-16(9-7-15)14(18)19/h1-4,17H,5-11H2,(H,18,19). The molecule has 5 nitrogen and oxygen atoms in total. The van der Waals surface area contributed by atoms with E-state index < -0.39 is 6.09 Å². The van der Waals surface area contributed by atoms with Crippen LogP contribution < -0.4 is 0 Å². The van der Waals surface area contributed by atoms with Crippen molar-refractivity contribution in [1.82, 2.24) is 9.80 Å². The van der Waals surface area contributed by atoms with Gasteiger partial charge < -0.3 is 15.1 Å². The summed E-state index contributed by atoms with van der Waals surface area (Å²) in [6.07, 6.45) is -0.134. The number of piperazine rings is 1. The molecule has 0 aromatic heterocycles. The van der Waals surface area contributed by atoms with Crippen LogP contribution in [0.5, 0.6) is 0 Å². The SMILES string of the molecule is O=C(O)N1CCN(Cc2ccc(CCO)cc2)CC1. The number of aliphatic hydroxyl groups is 1. The number of amides is 1. The van der Waals surface area contributed by atoms with Crippen LogP contribution in [0.4, 0.5) is 4.79 Å². The Bertz CT molecular complexity index is 411. The Balaban J connectivity index is 1.83. The van der Waals surface area contributed by atoms with Crippen molar-refractivity contribution in [3.8, 4) is 0 Å². The summed E-state index contributed by atoms with van der Waals surface area (Å²) in [7, 11) is 0. The van der Waals surface area contributed by atoms with Crippen LogP contribution in [-0.2, 0) is 13.0 Å². The predicted molar refractivity (Wildman–Crippen MR) is 72.1 cm³/mol. The molecular formula is C14H20N2O3. The first-order valence-electron chi connectivity index (χ1n) is 6.58. The van der Waals surface area contributed by atoms with Gasteiger partial charge in [-0.1, -0.05) is 24.3 Å². The van der Waals surface area contributed by atoms with Crippen molar-refractivity contribution in [1.29, 1.82) is 0 Å². The fourth-order valence-corrected chi connectivity index (χ4v) is 2.30. The number of carboxylic acid groups (broad SMARTS) is 1. The summed E-state index contributed by atoms with van der Waals surface area (Å²) >= 11 is 0. The van der Waals surface area contributed by atoms with Crippen molar-refractivity contribution in [3.05, 3.63) is 35.4 Å². The summed E-state index contributed by atoms with van der Waals surface area (Å²) in [6.45, 7) is 3.76. The van der Waals surface area contributed by atoms with Crippen molar-refractivity contribution in [2.45, 2.75) is 13.0 Å². The van der Waals surface area contributed by atoms with Gasteiger partial charge >= 0.3 is 6.09 Å². The highest BCUT2D eigenvalue weighted by atomic mass is 16.4. The maximum Gasteiger partial charge on any atom is 0.407 e. The lowest BCUT2D eigenvalue weighted by Crippen LogP contribution is -2.47. The number of hydrogen-bond donors (Lipinski definition) is 2. The molecule has 1 aliphatic rings. The number of rotatable bonds is 4. The van der Waals surface area contributed by atoms with Crippen LogP contribution >= 0.6 is 0 Å². The molecule has 1 saturated heterocycles. The molecule has 0 bridgehead atoms. The topological polar surface area (TPSA) is 64.0 Å². The average molecular weight is 264 g/mol. The molecule has 1 aliphatic heterocycles. The van der Waals surface area contributed by atoms with Crippen molar-refractivity contribution in [3.63, 3.8) is 0 Å². The molecule has 0 spiro atoms. The summed E-state index contributed by atoms with van der Waals surface area (Å²) in [5.41, 5.74) is 2.37. The first-order valence-corrected chi connectivity index (χ1v) is 6.58. The van der Waals surface area contributed by atoms with E-state index in [2.05, 4.69) is 17.0 Å². The van der Waals surface area contributed by atoms with Gasteiger partial charge in [0.2, 0.25) is 0 Å². The Morgan fingerprint density at radius 1 is 1.05 bits per heavy atom. The quantitative estimate of drug-likeness (QED) is 0.852. The highest BCUT2D eigenvalue weighted by Crippen LogP contribution is 2.10. The maximum atomic E-state index is 10.8. The molecule has 0 aliphatic carbocycles. The zero-order valence-corrected chi connectivity index (χ0v) is 11.0. The van der Waals surface area contributed by atoms with Gasteiger partial charge in [-0.3, -0.25) is 4.90 Å². The molecule has 0 atom stereocenters. The third kappa shape index (κ3) is 3.94. The second-order valence-electron chi connectivity index (χ2n) is 4.84. The minimum absolute atomic E-state index is 0.177. The van der Waals surface area contributed by atoms with Crippen LogP contribution in [0.25, 0.3) is 0 Å². The monoisotopic (exact) mass is 264 g/mol. The van der Waals surface area contributed by atoms with Crippen molar-refractivity contribution in [2.75, 3.05) is 32.8 Å². The number of aliphatic hydroxyl groups excluding tert-OH is 1. The Hall–Kier alpha value is -1.59. The fraction of sp³-hybridized carbons (Fsp3) is 0.500. The molecule has 1 amide bonds. The molecule has 1 aromatic carbocycles. The Labute approximate surface area is 113 Å². The lowest BCUT2D eigenvalue weighted by atomic mass is 10.1. The molecule has 0 unspecified atom stereocenters. The molecule has 1 fully saturated rings. The van der Waals surface area contributed by atoms with Gasteiger partial charge in [-0.25, -0.2) is 4.79 Å². The molecule has 1 aromatic rings. The Morgan fingerprint density at radius 3 is 2.16 bits per heavy atom. The molecule has 0 saturated carbocycles. The summed E-state index contributed by atoms with van der Waals surface area (Å²) in [4.78, 5) is 14.5. The number of carbonyl (C=O) groups is 1. The van der Waals surface area contributed by atoms with E-state index in [1.165, 1.54) is 10.5 Å². The van der Waals surface area contributed by atoms with E-state index in [-0.39, 0.29) is 6.61 Å². The van der Waals surface area contributed by atoms with Gasteiger partial charge in [-0.05, 0) is 17.5 Å². The fourth-order valence-electron chi connectivity index (χ4n) is 2.30. The largest absolute Gasteiger partial charge is 0.465 e. The molecule has 1 heterocycles. The first kappa shape index (κ1) is 13.8. The summed E-state index contributed by atoms with van der Waals surface area (Å²) in [5.74, 6) is 0. The van der Waals surface area contributed by atoms with E-state index >= 15 is 0 Å². The van der Waals surface area contributed by atoms with Gasteiger partial charge in [0.15, 0.2) is 0 Å². The zero-order valence-electron chi connectivity index (χ0n) is 11.0. The van der Waals surface area contributed by atoms with E-state index in [4.69, 9.17) is 10.2 Å². The van der Waals surface area contributed by atoms with Gasteiger partial charge in [0.25, 0.3) is 0 Å². The smallest absolute Gasteiger partial charge is 0.407 e. The molecule has 0 radical (unpaired) electrons. The van der Waals surface area contributed by atoms with Crippen LogP contribution in [0, 0.1) is 0 Å². The normalized spacial score (nSPS) is 16.6. The van der Waals surface area contributed by atoms with E-state index in [1.807, 2.05) is 12.1 Å². The Kier molecular flexibility index (Phi) is 4.76. The molecular weight excluding hydrogens is 244 g/mol. The maximum absolute atomic E-state index is 10.8. The van der Waals surface area contributed by atoms with Crippen molar-refractivity contribution >= 4 is 6.09 Å². The Morgan fingerprint density at radius 2 is 1.63 bits per heavy atom. The van der Waals surface area contributed by atoms with Crippen LogP contribution in [-0.4, -0.2) is 58.9 Å². The van der Waals surface area contributed by atoms with Gasteiger partial charge in [0.1, 0.15) is 0 Å². The lowest BCUT2D eigenvalue weighted by molar-refractivity contribution is 0.103. The van der Waals surface area contributed by atoms with Crippen molar-refractivity contribution < 1.29 is 15.0 Å². The van der Waals surface area contributed by atoms with Crippen LogP contribution in [0.15, 0.2) is 24.3 Å². The molecule has 2 rings (SSSR count). The zero-order chi connectivity index (χ0) is 13.7. The second kappa shape index (κ2) is 6.54. The van der Waals surface area contributed by atoms with Crippen molar-refractivity contribution in [2.24, 2.45) is 0 Å². The van der Waals surface area contributed by atoms with E-state index in [9.17, 15) is 4.79 Å². The van der Waals surface area contributed by atoms with Crippen LogP contribution in [0.1, 0.15) is 11.1 Å². The van der Waals surface area contributed by atoms with E-state index in [0.29, 0.717) is 19.5 Å². The highest BCUT2D eigenvalue weighted by Gasteiger charge is 2.19. The number of hydrogen-bond acceptors (Lipinski definition) is 3. The number of benzene rings is 1. The van der Waals surface area contributed by atoms with Gasteiger partial charge in [-0.2, -0.15) is 0 Å². The lowest BCUT2D eigenvalue weighted by Gasteiger charge is -2.33. The second-order valence-corrected chi connectivity index (χ2v) is 4.84. The molecule has 104 valence electrons. The summed E-state index contributed by atoms with van der Waals surface area (Å²) < 4.78 is 0. The molecule has 5 heteroatoms. The van der Waals surface area contributed by atoms with Crippen LogP contribution in [0.3, 0.4) is 0 Å². The first-order chi connectivity index (χ1) is 9.19. The average Bonchev–Trinajstić information content (AvgIpc) is 2.42. The third-order valence-electron chi connectivity index (χ3n) is 3.47. The van der Waals surface area contributed by atoms with Gasteiger partial charge in [0.05, 0.1) is 0 Å². The number of nitrogens with zero attached hydrogens (tertiary/aromatic N) is 2. The highest BCUT2D eigenvalue weighted by molar-refractivity contribution is 5.65. The van der Waals surface area contributed by atoms with E-state index in [1.54, 1.807) is 0 Å². The van der Waals surface area contributed by atoms with E-state index in [0.717, 1.165) is 25.2 Å². The third-order valence-corrected chi connectivity index (χ3v) is 3.47. The van der Waals surface area contributed by atoms with Gasteiger partial charge in [-0.15, -0.1) is 0 Å². The molecule has 19 heavy (non-hydrogen) atoms. The minimum atomic E-state index is -0.826.